The first-order valence-corrected chi connectivity index (χ1v) is 7.70. The highest BCUT2D eigenvalue weighted by atomic mass is 16.1. The van der Waals surface area contributed by atoms with Gasteiger partial charge in [0.25, 0.3) is 0 Å². The molecule has 0 unspecified atom stereocenters. The third-order valence-electron chi connectivity index (χ3n) is 4.77. The van der Waals surface area contributed by atoms with Crippen LogP contribution < -0.4 is 11.5 Å². The molecular weight excluding hydrogens is 298 g/mol. The molecule has 4 aromatic rings. The van der Waals surface area contributed by atoms with E-state index >= 15 is 0 Å². The summed E-state index contributed by atoms with van der Waals surface area (Å²) in [4.78, 5) is 17.6. The predicted octanol–water partition coefficient (Wildman–Crippen LogP) is 3.76. The maximum atomic E-state index is 13.2. The Kier molecular flexibility index (Phi) is 2.36. The maximum Gasteiger partial charge on any atom is 0.194 e. The molecule has 4 nitrogen and oxygen atoms in total. The van der Waals surface area contributed by atoms with Gasteiger partial charge in [-0.1, -0.05) is 18.2 Å². The lowest BCUT2D eigenvalue weighted by atomic mass is 9.80. The number of ketones is 1. The molecule has 4 heteroatoms. The van der Waals surface area contributed by atoms with E-state index in [1.54, 1.807) is 18.3 Å². The van der Waals surface area contributed by atoms with Gasteiger partial charge in [-0.3, -0.25) is 9.78 Å². The van der Waals surface area contributed by atoms with Gasteiger partial charge in [-0.2, -0.15) is 0 Å². The SMILES string of the molecule is Nc1ccc2c3c(ccc(N)c13)-c1ccc3ncccc3c1C2=O. The monoisotopic (exact) mass is 311 g/mol. The van der Waals surface area contributed by atoms with Crippen molar-refractivity contribution < 1.29 is 4.79 Å². The number of aromatic nitrogens is 1. The van der Waals surface area contributed by atoms with Gasteiger partial charge >= 0.3 is 0 Å². The van der Waals surface area contributed by atoms with Gasteiger partial charge in [0.05, 0.1) is 5.52 Å². The molecule has 0 fully saturated rings. The van der Waals surface area contributed by atoms with Crippen molar-refractivity contribution in [3.63, 3.8) is 0 Å². The fourth-order valence-electron chi connectivity index (χ4n) is 3.72. The third kappa shape index (κ3) is 1.47. The van der Waals surface area contributed by atoms with Crippen molar-refractivity contribution in [1.82, 2.24) is 4.98 Å². The highest BCUT2D eigenvalue weighted by Gasteiger charge is 2.28. The number of nitrogens with zero attached hydrogens (tertiary/aromatic N) is 1. The van der Waals surface area contributed by atoms with Crippen molar-refractivity contribution in [3.8, 4) is 11.1 Å². The van der Waals surface area contributed by atoms with E-state index in [4.69, 9.17) is 11.5 Å². The Hall–Kier alpha value is -3.40. The summed E-state index contributed by atoms with van der Waals surface area (Å²) in [5.41, 5.74) is 17.5. The fraction of sp³-hybridized carbons (Fsp3) is 0. The van der Waals surface area contributed by atoms with Crippen LogP contribution in [0.15, 0.2) is 54.7 Å². The minimum absolute atomic E-state index is 0.00769. The number of nitrogens with two attached hydrogens (primary N) is 2. The zero-order valence-corrected chi connectivity index (χ0v) is 12.7. The molecule has 0 radical (unpaired) electrons. The topological polar surface area (TPSA) is 82.0 Å². The molecule has 1 aromatic heterocycles. The summed E-state index contributed by atoms with van der Waals surface area (Å²) in [6.07, 6.45) is 1.73. The Labute approximate surface area is 137 Å². The van der Waals surface area contributed by atoms with E-state index in [0.29, 0.717) is 22.5 Å². The van der Waals surface area contributed by atoms with Crippen molar-refractivity contribution in [3.05, 3.63) is 65.9 Å². The van der Waals surface area contributed by atoms with Crippen molar-refractivity contribution in [2.24, 2.45) is 0 Å². The summed E-state index contributed by atoms with van der Waals surface area (Å²) < 4.78 is 0. The van der Waals surface area contributed by atoms with Crippen LogP contribution in [0.2, 0.25) is 0 Å². The number of hydrogen-bond acceptors (Lipinski definition) is 4. The molecule has 0 bridgehead atoms. The first-order chi connectivity index (χ1) is 11.7. The van der Waals surface area contributed by atoms with Crippen molar-refractivity contribution in [2.75, 3.05) is 11.5 Å². The van der Waals surface area contributed by atoms with E-state index in [0.717, 1.165) is 32.8 Å². The van der Waals surface area contributed by atoms with Crippen LogP contribution in [0.4, 0.5) is 11.4 Å². The fourth-order valence-corrected chi connectivity index (χ4v) is 3.72. The molecule has 0 saturated carbocycles. The van der Waals surface area contributed by atoms with Gasteiger partial charge in [-0.05, 0) is 41.5 Å². The van der Waals surface area contributed by atoms with Crippen LogP contribution in [0.3, 0.4) is 0 Å². The van der Waals surface area contributed by atoms with Crippen LogP contribution >= 0.6 is 0 Å². The van der Waals surface area contributed by atoms with Gasteiger partial charge in [-0.15, -0.1) is 0 Å². The molecule has 0 atom stereocenters. The average molecular weight is 311 g/mol. The number of carbonyl (C=O) groups is 1. The number of hydrogen-bond donors (Lipinski definition) is 2. The Morgan fingerprint density at radius 1 is 0.750 bits per heavy atom. The van der Waals surface area contributed by atoms with Gasteiger partial charge in [0.2, 0.25) is 0 Å². The van der Waals surface area contributed by atoms with Crippen LogP contribution in [0, 0.1) is 0 Å². The molecule has 1 heterocycles. The second-order valence-electron chi connectivity index (χ2n) is 6.04. The zero-order valence-electron chi connectivity index (χ0n) is 12.7. The molecule has 0 amide bonds. The predicted molar refractivity (Wildman–Crippen MR) is 96.9 cm³/mol. The second-order valence-corrected chi connectivity index (χ2v) is 6.04. The van der Waals surface area contributed by atoms with E-state index in [1.807, 2.05) is 36.4 Å². The molecule has 4 N–H and O–H groups in total. The molecule has 3 aromatic carbocycles. The lowest BCUT2D eigenvalue weighted by Crippen LogP contribution is -2.12. The van der Waals surface area contributed by atoms with Gasteiger partial charge in [0.15, 0.2) is 5.78 Å². The Morgan fingerprint density at radius 2 is 1.46 bits per heavy atom. The Morgan fingerprint density at radius 3 is 2.25 bits per heavy atom. The quantitative estimate of drug-likeness (QED) is 0.427. The number of benzene rings is 3. The third-order valence-corrected chi connectivity index (χ3v) is 4.77. The lowest BCUT2D eigenvalue weighted by Gasteiger charge is -2.22. The van der Waals surface area contributed by atoms with E-state index in [1.165, 1.54) is 0 Å². The smallest absolute Gasteiger partial charge is 0.194 e. The molecule has 1 aliphatic carbocycles. The summed E-state index contributed by atoms with van der Waals surface area (Å²) in [5, 5.41) is 2.47. The van der Waals surface area contributed by atoms with Crippen LogP contribution in [0.25, 0.3) is 32.8 Å². The summed E-state index contributed by atoms with van der Waals surface area (Å²) >= 11 is 0. The molecule has 0 aliphatic heterocycles. The minimum atomic E-state index is -0.00769. The normalized spacial score (nSPS) is 12.6. The Balaban J connectivity index is 2.04. The van der Waals surface area contributed by atoms with E-state index < -0.39 is 0 Å². The largest absolute Gasteiger partial charge is 0.398 e. The van der Waals surface area contributed by atoms with Gasteiger partial charge in [-0.25, -0.2) is 0 Å². The Bertz CT molecular complexity index is 1190. The number of carbonyl (C=O) groups excluding carboxylic acids is 1. The summed E-state index contributed by atoms with van der Waals surface area (Å²) in [7, 11) is 0. The number of fused-ring (bicyclic) bond motifs is 4. The van der Waals surface area contributed by atoms with Gasteiger partial charge in [0.1, 0.15) is 0 Å². The van der Waals surface area contributed by atoms with Gasteiger partial charge in [0, 0.05) is 44.9 Å². The summed E-state index contributed by atoms with van der Waals surface area (Å²) in [5.74, 6) is -0.00769. The molecule has 114 valence electrons. The lowest BCUT2D eigenvalue weighted by molar-refractivity contribution is 0.104. The number of pyridine rings is 1. The average Bonchev–Trinajstić information content (AvgIpc) is 2.60. The number of anilines is 2. The molecular formula is C20H13N3O. The van der Waals surface area contributed by atoms with Crippen molar-refractivity contribution >= 4 is 38.8 Å². The van der Waals surface area contributed by atoms with Crippen LogP contribution in [-0.2, 0) is 0 Å². The van der Waals surface area contributed by atoms with E-state index in [2.05, 4.69) is 4.98 Å². The van der Waals surface area contributed by atoms with Crippen LogP contribution in [0.1, 0.15) is 15.9 Å². The highest BCUT2D eigenvalue weighted by molar-refractivity contribution is 6.31. The summed E-state index contributed by atoms with van der Waals surface area (Å²) in [6, 6.07) is 15.1. The first-order valence-electron chi connectivity index (χ1n) is 7.70. The standard InChI is InChI=1S/C20H13N3O/c21-14-6-3-10-11-5-8-16-12(2-1-9-23-16)18(11)20(24)13-4-7-15(22)19(14)17(10)13/h1-9H,21-22H2. The number of nitrogen functional groups attached to an aromatic ring is 2. The molecule has 1 aliphatic rings. The van der Waals surface area contributed by atoms with Crippen LogP contribution in [-0.4, -0.2) is 10.8 Å². The van der Waals surface area contributed by atoms with Crippen molar-refractivity contribution in [2.45, 2.75) is 0 Å². The minimum Gasteiger partial charge on any atom is -0.398 e. The first kappa shape index (κ1) is 13.1. The second kappa shape index (κ2) is 4.32. The van der Waals surface area contributed by atoms with Crippen LogP contribution in [0.5, 0.6) is 0 Å². The van der Waals surface area contributed by atoms with E-state index in [9.17, 15) is 4.79 Å². The van der Waals surface area contributed by atoms with Gasteiger partial charge < -0.3 is 11.5 Å². The molecule has 0 spiro atoms. The highest BCUT2D eigenvalue weighted by Crippen LogP contribution is 2.44. The summed E-state index contributed by atoms with van der Waals surface area (Å²) in [6.45, 7) is 0. The molecule has 5 rings (SSSR count). The van der Waals surface area contributed by atoms with E-state index in [-0.39, 0.29) is 5.78 Å². The zero-order chi connectivity index (χ0) is 16.4. The number of rotatable bonds is 0. The maximum absolute atomic E-state index is 13.2. The van der Waals surface area contributed by atoms with Crippen molar-refractivity contribution in [1.29, 1.82) is 0 Å². The molecule has 24 heavy (non-hydrogen) atoms. The molecule has 0 saturated heterocycles.